The predicted molar refractivity (Wildman–Crippen MR) is 134 cm³/mol. The third kappa shape index (κ3) is 5.03. The number of hydrogen-bond acceptors (Lipinski definition) is 6. The molecule has 0 radical (unpaired) electrons. The zero-order valence-electron chi connectivity index (χ0n) is 20.2. The van der Waals surface area contributed by atoms with Crippen LogP contribution < -0.4 is 20.3 Å². The Hall–Kier alpha value is -4.14. The maximum absolute atomic E-state index is 13.4. The van der Waals surface area contributed by atoms with Crippen molar-refractivity contribution in [2.75, 3.05) is 19.5 Å². The van der Waals surface area contributed by atoms with Crippen LogP contribution in [0.3, 0.4) is 0 Å². The van der Waals surface area contributed by atoms with E-state index in [1.54, 1.807) is 55.4 Å². The summed E-state index contributed by atoms with van der Waals surface area (Å²) in [6.45, 7) is 2.92. The molecule has 0 spiro atoms. The molecule has 2 heterocycles. The van der Waals surface area contributed by atoms with Crippen molar-refractivity contribution in [1.29, 1.82) is 0 Å². The number of unbranched alkanes of at least 4 members (excludes halogenated alkanes) is 2. The lowest BCUT2D eigenvalue weighted by Gasteiger charge is -2.15. The van der Waals surface area contributed by atoms with Gasteiger partial charge in [-0.1, -0.05) is 50.1 Å². The van der Waals surface area contributed by atoms with Crippen molar-refractivity contribution in [3.05, 3.63) is 76.3 Å². The first-order chi connectivity index (χ1) is 17.1. The van der Waals surface area contributed by atoms with E-state index in [1.807, 2.05) is 18.2 Å². The number of methoxy groups -OCH3 is 2. The van der Waals surface area contributed by atoms with E-state index in [9.17, 15) is 9.59 Å². The van der Waals surface area contributed by atoms with Crippen molar-refractivity contribution >= 4 is 22.5 Å². The van der Waals surface area contributed by atoms with Crippen molar-refractivity contribution in [3.8, 4) is 11.5 Å². The fraction of sp³-hybridized carbons (Fsp3) is 0.308. The summed E-state index contributed by atoms with van der Waals surface area (Å²) in [7, 11) is 3.17. The second-order valence-corrected chi connectivity index (χ2v) is 8.11. The van der Waals surface area contributed by atoms with Gasteiger partial charge in [0.2, 0.25) is 0 Å². The number of nitrogens with zero attached hydrogens (tertiary/aromatic N) is 4. The van der Waals surface area contributed by atoms with E-state index in [1.165, 1.54) is 4.68 Å². The molecule has 9 nitrogen and oxygen atoms in total. The van der Waals surface area contributed by atoms with E-state index in [0.29, 0.717) is 41.2 Å². The molecule has 9 heteroatoms. The van der Waals surface area contributed by atoms with Crippen LogP contribution in [0.25, 0.3) is 10.8 Å². The monoisotopic (exact) mass is 475 g/mol. The number of fused-ring (bicyclic) bond motifs is 1. The van der Waals surface area contributed by atoms with Gasteiger partial charge in [0.15, 0.2) is 17.2 Å². The second-order valence-electron chi connectivity index (χ2n) is 8.11. The van der Waals surface area contributed by atoms with E-state index in [4.69, 9.17) is 9.47 Å². The van der Waals surface area contributed by atoms with Gasteiger partial charge in [0.05, 0.1) is 32.3 Å². The van der Waals surface area contributed by atoms with Crippen LogP contribution in [0.5, 0.6) is 11.5 Å². The largest absolute Gasteiger partial charge is 0.493 e. The smallest absolute Gasteiger partial charge is 0.277 e. The van der Waals surface area contributed by atoms with Crippen molar-refractivity contribution < 1.29 is 14.3 Å². The van der Waals surface area contributed by atoms with Crippen LogP contribution in [-0.2, 0) is 13.1 Å². The number of hydrogen-bond donors (Lipinski definition) is 1. The number of aryl methyl sites for hydroxylation is 1. The van der Waals surface area contributed by atoms with Gasteiger partial charge >= 0.3 is 0 Å². The highest BCUT2D eigenvalue weighted by Crippen LogP contribution is 2.31. The maximum atomic E-state index is 13.4. The molecule has 0 bridgehead atoms. The summed E-state index contributed by atoms with van der Waals surface area (Å²) in [6, 6.07) is 14.4. The molecule has 4 rings (SSSR count). The summed E-state index contributed by atoms with van der Waals surface area (Å²) in [5.41, 5.74) is 0.853. The number of para-hydroxylation sites is 1. The van der Waals surface area contributed by atoms with Crippen molar-refractivity contribution in [2.24, 2.45) is 0 Å². The SMILES string of the molecule is CCCCCn1nc(C(=O)Nc2ccnn2Cc2cccc(OC)c2OC)c2ccccc2c1=O. The van der Waals surface area contributed by atoms with Gasteiger partial charge in [0.1, 0.15) is 5.82 Å². The molecule has 1 amide bonds. The van der Waals surface area contributed by atoms with Gasteiger partial charge in [0, 0.05) is 23.6 Å². The Labute approximate surface area is 203 Å². The van der Waals surface area contributed by atoms with Crippen LogP contribution in [0, 0.1) is 0 Å². The standard InChI is InChI=1S/C26H29N5O4/c1-4-5-8-16-30-26(33)20-12-7-6-11-19(20)23(29-30)25(32)28-22-14-15-27-31(22)17-18-10-9-13-21(34-2)24(18)35-3/h6-7,9-15H,4-5,8,16-17H2,1-3H3,(H,28,32). The predicted octanol–water partition coefficient (Wildman–Crippen LogP) is 4.10. The number of carbonyl (C=O) groups is 1. The molecule has 182 valence electrons. The van der Waals surface area contributed by atoms with Gasteiger partial charge in [-0.25, -0.2) is 9.36 Å². The first-order valence-electron chi connectivity index (χ1n) is 11.6. The second kappa shape index (κ2) is 10.9. The Morgan fingerprint density at radius 2 is 1.77 bits per heavy atom. The van der Waals surface area contributed by atoms with Gasteiger partial charge in [-0.3, -0.25) is 9.59 Å². The molecule has 4 aromatic rings. The first-order valence-corrected chi connectivity index (χ1v) is 11.6. The zero-order valence-corrected chi connectivity index (χ0v) is 20.2. The summed E-state index contributed by atoms with van der Waals surface area (Å²) >= 11 is 0. The number of aromatic nitrogens is 4. The molecule has 2 aromatic heterocycles. The fourth-order valence-corrected chi connectivity index (χ4v) is 4.05. The molecule has 0 saturated carbocycles. The molecule has 1 N–H and O–H groups in total. The van der Waals surface area contributed by atoms with E-state index < -0.39 is 5.91 Å². The highest BCUT2D eigenvalue weighted by molar-refractivity contribution is 6.10. The lowest BCUT2D eigenvalue weighted by atomic mass is 10.1. The number of nitrogens with one attached hydrogen (secondary N) is 1. The quantitative estimate of drug-likeness (QED) is 0.347. The van der Waals surface area contributed by atoms with Gasteiger partial charge in [-0.05, 0) is 18.6 Å². The van der Waals surface area contributed by atoms with Crippen LogP contribution in [0.15, 0.2) is 59.5 Å². The Morgan fingerprint density at radius 3 is 2.51 bits per heavy atom. The molecular formula is C26H29N5O4. The minimum atomic E-state index is -0.412. The number of anilines is 1. The van der Waals surface area contributed by atoms with Crippen molar-refractivity contribution in [3.63, 3.8) is 0 Å². The molecule has 0 aliphatic rings. The van der Waals surface area contributed by atoms with Crippen LogP contribution in [0.1, 0.15) is 42.2 Å². The van der Waals surface area contributed by atoms with E-state index in [2.05, 4.69) is 22.4 Å². The highest BCUT2D eigenvalue weighted by atomic mass is 16.5. The van der Waals surface area contributed by atoms with Crippen LogP contribution in [0.2, 0.25) is 0 Å². The van der Waals surface area contributed by atoms with Crippen molar-refractivity contribution in [2.45, 2.75) is 39.3 Å². The van der Waals surface area contributed by atoms with Gasteiger partial charge in [0.25, 0.3) is 11.5 Å². The summed E-state index contributed by atoms with van der Waals surface area (Å²) < 4.78 is 14.0. The average Bonchev–Trinajstić information content (AvgIpc) is 3.31. The Kier molecular flexibility index (Phi) is 7.45. The van der Waals surface area contributed by atoms with Crippen LogP contribution in [0.4, 0.5) is 5.82 Å². The maximum Gasteiger partial charge on any atom is 0.277 e. The number of ether oxygens (including phenoxy) is 2. The van der Waals surface area contributed by atoms with Gasteiger partial charge < -0.3 is 14.8 Å². The highest BCUT2D eigenvalue weighted by Gasteiger charge is 2.19. The molecule has 2 aromatic carbocycles. The lowest BCUT2D eigenvalue weighted by Crippen LogP contribution is -2.28. The molecule has 0 unspecified atom stereocenters. The minimum absolute atomic E-state index is 0.191. The fourth-order valence-electron chi connectivity index (χ4n) is 4.05. The summed E-state index contributed by atoms with van der Waals surface area (Å²) in [5, 5.41) is 12.7. The molecule has 0 saturated heterocycles. The van der Waals surface area contributed by atoms with E-state index in [-0.39, 0.29) is 11.3 Å². The normalized spacial score (nSPS) is 10.9. The minimum Gasteiger partial charge on any atom is -0.493 e. The molecule has 0 aliphatic heterocycles. The number of benzene rings is 2. The molecular weight excluding hydrogens is 446 g/mol. The Bertz CT molecular complexity index is 1390. The Balaban J connectivity index is 1.65. The topological polar surface area (TPSA) is 100 Å². The summed E-state index contributed by atoms with van der Waals surface area (Å²) in [5.74, 6) is 1.30. The zero-order chi connectivity index (χ0) is 24.8. The van der Waals surface area contributed by atoms with E-state index >= 15 is 0 Å². The first kappa shape index (κ1) is 24.0. The third-order valence-electron chi connectivity index (χ3n) is 5.82. The Morgan fingerprint density at radius 1 is 0.971 bits per heavy atom. The molecule has 35 heavy (non-hydrogen) atoms. The number of amides is 1. The third-order valence-corrected chi connectivity index (χ3v) is 5.82. The van der Waals surface area contributed by atoms with Crippen LogP contribution >= 0.6 is 0 Å². The lowest BCUT2D eigenvalue weighted by molar-refractivity contribution is 0.102. The van der Waals surface area contributed by atoms with E-state index in [0.717, 1.165) is 24.8 Å². The number of rotatable bonds is 10. The molecule has 0 aliphatic carbocycles. The van der Waals surface area contributed by atoms with Crippen LogP contribution in [-0.4, -0.2) is 39.7 Å². The number of carbonyl (C=O) groups excluding carboxylic acids is 1. The van der Waals surface area contributed by atoms with Gasteiger partial charge in [-0.2, -0.15) is 10.2 Å². The summed E-state index contributed by atoms with van der Waals surface area (Å²) in [4.78, 5) is 26.3. The van der Waals surface area contributed by atoms with Gasteiger partial charge in [-0.15, -0.1) is 0 Å². The average molecular weight is 476 g/mol. The molecule has 0 atom stereocenters. The summed E-state index contributed by atoms with van der Waals surface area (Å²) in [6.07, 6.45) is 4.44. The molecule has 0 fully saturated rings. The van der Waals surface area contributed by atoms with Crippen molar-refractivity contribution in [1.82, 2.24) is 19.6 Å².